The van der Waals surface area contributed by atoms with Crippen molar-refractivity contribution in [1.82, 2.24) is 9.97 Å². The standard InChI is InChI=1S/C12H21N5O/c1-4-9(5-6-18-3)17-12-10(8(2)13)11(14)15-7-16-12/h7,9,13H,4-6H2,1-3H3,(H3,14,15,16,17). The number of aromatic nitrogens is 2. The Morgan fingerprint density at radius 3 is 2.83 bits per heavy atom. The Labute approximate surface area is 107 Å². The van der Waals surface area contributed by atoms with Gasteiger partial charge in [-0.05, 0) is 19.8 Å². The van der Waals surface area contributed by atoms with E-state index < -0.39 is 0 Å². The minimum atomic E-state index is 0.248. The highest BCUT2D eigenvalue weighted by molar-refractivity contribution is 6.04. The summed E-state index contributed by atoms with van der Waals surface area (Å²) in [6.45, 7) is 4.45. The Bertz CT molecular complexity index is 407. The van der Waals surface area contributed by atoms with Gasteiger partial charge >= 0.3 is 0 Å². The molecule has 4 N–H and O–H groups in total. The summed E-state index contributed by atoms with van der Waals surface area (Å²) in [6, 6.07) is 0.248. The molecule has 1 atom stereocenters. The van der Waals surface area contributed by atoms with Gasteiger partial charge in [0.15, 0.2) is 0 Å². The Kier molecular flexibility index (Phi) is 5.51. The maximum atomic E-state index is 7.73. The fraction of sp³-hybridized carbons (Fsp3) is 0.583. The zero-order valence-electron chi connectivity index (χ0n) is 11.2. The van der Waals surface area contributed by atoms with E-state index in [0.717, 1.165) is 12.8 Å². The number of methoxy groups -OCH3 is 1. The summed E-state index contributed by atoms with van der Waals surface area (Å²) in [5, 5.41) is 11.0. The fourth-order valence-corrected chi connectivity index (χ4v) is 1.71. The number of anilines is 2. The van der Waals surface area contributed by atoms with Crippen molar-refractivity contribution in [2.75, 3.05) is 24.8 Å². The van der Waals surface area contributed by atoms with Gasteiger partial charge in [0.2, 0.25) is 0 Å². The summed E-state index contributed by atoms with van der Waals surface area (Å²) < 4.78 is 5.07. The van der Waals surface area contributed by atoms with Crippen LogP contribution < -0.4 is 11.1 Å². The van der Waals surface area contributed by atoms with Gasteiger partial charge in [0.05, 0.1) is 5.56 Å². The van der Waals surface area contributed by atoms with Crippen molar-refractivity contribution in [2.45, 2.75) is 32.7 Å². The van der Waals surface area contributed by atoms with Crippen LogP contribution in [0.3, 0.4) is 0 Å². The van der Waals surface area contributed by atoms with Crippen LogP contribution in [-0.2, 0) is 4.74 Å². The Hall–Kier alpha value is -1.69. The number of hydrogen-bond acceptors (Lipinski definition) is 6. The van der Waals surface area contributed by atoms with Gasteiger partial charge in [-0.25, -0.2) is 9.97 Å². The van der Waals surface area contributed by atoms with Crippen molar-refractivity contribution in [1.29, 1.82) is 5.41 Å². The molecule has 0 radical (unpaired) electrons. The first-order chi connectivity index (χ1) is 8.60. The number of hydrogen-bond donors (Lipinski definition) is 3. The molecule has 0 aliphatic heterocycles. The second-order valence-electron chi connectivity index (χ2n) is 4.14. The average Bonchev–Trinajstić information content (AvgIpc) is 2.33. The van der Waals surface area contributed by atoms with Crippen LogP contribution in [0.15, 0.2) is 6.33 Å². The summed E-state index contributed by atoms with van der Waals surface area (Å²) in [5.74, 6) is 0.958. The molecule has 6 nitrogen and oxygen atoms in total. The predicted octanol–water partition coefficient (Wildman–Crippen LogP) is 1.67. The highest BCUT2D eigenvalue weighted by Gasteiger charge is 2.14. The quantitative estimate of drug-likeness (QED) is 0.640. The van der Waals surface area contributed by atoms with Crippen LogP contribution in [-0.4, -0.2) is 35.4 Å². The van der Waals surface area contributed by atoms with Crippen LogP contribution >= 0.6 is 0 Å². The number of nitrogens with two attached hydrogens (primary N) is 1. The van der Waals surface area contributed by atoms with Crippen LogP contribution in [0.2, 0.25) is 0 Å². The molecule has 100 valence electrons. The first kappa shape index (κ1) is 14.4. The topological polar surface area (TPSA) is 96.9 Å². The van der Waals surface area contributed by atoms with Gasteiger partial charge < -0.3 is 21.2 Å². The number of ether oxygens (including phenoxy) is 1. The van der Waals surface area contributed by atoms with Crippen LogP contribution in [0.25, 0.3) is 0 Å². The Morgan fingerprint density at radius 1 is 1.56 bits per heavy atom. The second kappa shape index (κ2) is 6.90. The number of nitrogens with zero attached hydrogens (tertiary/aromatic N) is 2. The smallest absolute Gasteiger partial charge is 0.140 e. The van der Waals surface area contributed by atoms with Gasteiger partial charge in [0, 0.05) is 25.5 Å². The minimum Gasteiger partial charge on any atom is -0.385 e. The molecule has 0 saturated carbocycles. The summed E-state index contributed by atoms with van der Waals surface area (Å²) >= 11 is 0. The molecule has 0 amide bonds. The summed E-state index contributed by atoms with van der Waals surface area (Å²) in [4.78, 5) is 8.09. The maximum absolute atomic E-state index is 7.73. The molecule has 0 saturated heterocycles. The van der Waals surface area contributed by atoms with Gasteiger partial charge in [-0.3, -0.25) is 0 Å². The molecule has 1 aromatic rings. The van der Waals surface area contributed by atoms with Gasteiger partial charge in [-0.2, -0.15) is 0 Å². The van der Waals surface area contributed by atoms with Crippen LogP contribution in [0.1, 0.15) is 32.3 Å². The molecule has 18 heavy (non-hydrogen) atoms. The number of nitrogens with one attached hydrogen (secondary N) is 2. The van der Waals surface area contributed by atoms with E-state index in [-0.39, 0.29) is 6.04 Å². The number of nitrogen functional groups attached to an aromatic ring is 1. The van der Waals surface area contributed by atoms with Crippen molar-refractivity contribution in [3.8, 4) is 0 Å². The van der Waals surface area contributed by atoms with Gasteiger partial charge in [-0.1, -0.05) is 6.92 Å². The third kappa shape index (κ3) is 3.66. The Morgan fingerprint density at radius 2 is 2.28 bits per heavy atom. The van der Waals surface area contributed by atoms with E-state index in [9.17, 15) is 0 Å². The predicted molar refractivity (Wildman–Crippen MR) is 73.1 cm³/mol. The molecule has 0 aliphatic carbocycles. The lowest BCUT2D eigenvalue weighted by molar-refractivity contribution is 0.189. The molecule has 0 aliphatic rings. The van der Waals surface area contributed by atoms with E-state index in [0.29, 0.717) is 29.5 Å². The van der Waals surface area contributed by atoms with E-state index >= 15 is 0 Å². The van der Waals surface area contributed by atoms with E-state index in [1.54, 1.807) is 14.0 Å². The SMILES string of the molecule is CCC(CCOC)Nc1ncnc(N)c1C(C)=N. The van der Waals surface area contributed by atoms with Crippen molar-refractivity contribution >= 4 is 17.3 Å². The lowest BCUT2D eigenvalue weighted by atomic mass is 10.1. The zero-order valence-corrected chi connectivity index (χ0v) is 11.2. The first-order valence-corrected chi connectivity index (χ1v) is 6.01. The zero-order chi connectivity index (χ0) is 13.5. The fourth-order valence-electron chi connectivity index (χ4n) is 1.71. The van der Waals surface area contributed by atoms with E-state index in [1.165, 1.54) is 6.33 Å². The lowest BCUT2D eigenvalue weighted by Gasteiger charge is -2.19. The first-order valence-electron chi connectivity index (χ1n) is 6.01. The molecular weight excluding hydrogens is 230 g/mol. The second-order valence-corrected chi connectivity index (χ2v) is 4.14. The highest BCUT2D eigenvalue weighted by Crippen LogP contribution is 2.19. The molecule has 6 heteroatoms. The molecule has 0 fully saturated rings. The third-order valence-corrected chi connectivity index (χ3v) is 2.76. The monoisotopic (exact) mass is 251 g/mol. The van der Waals surface area contributed by atoms with E-state index in [2.05, 4.69) is 22.2 Å². The van der Waals surface area contributed by atoms with Crippen molar-refractivity contribution < 1.29 is 4.74 Å². The lowest BCUT2D eigenvalue weighted by Crippen LogP contribution is -2.23. The molecule has 0 aromatic carbocycles. The molecule has 1 unspecified atom stereocenters. The van der Waals surface area contributed by atoms with E-state index in [1.807, 2.05) is 0 Å². The highest BCUT2D eigenvalue weighted by atomic mass is 16.5. The number of rotatable bonds is 7. The van der Waals surface area contributed by atoms with Gasteiger partial charge in [0.25, 0.3) is 0 Å². The van der Waals surface area contributed by atoms with Crippen LogP contribution in [0, 0.1) is 5.41 Å². The average molecular weight is 251 g/mol. The molecule has 1 aromatic heterocycles. The van der Waals surface area contributed by atoms with Crippen molar-refractivity contribution in [2.24, 2.45) is 0 Å². The van der Waals surface area contributed by atoms with Gasteiger partial charge in [0.1, 0.15) is 18.0 Å². The van der Waals surface area contributed by atoms with E-state index in [4.69, 9.17) is 15.9 Å². The maximum Gasteiger partial charge on any atom is 0.140 e. The summed E-state index contributed by atoms with van der Waals surface area (Å²) in [7, 11) is 1.68. The largest absolute Gasteiger partial charge is 0.385 e. The molecule has 1 rings (SSSR count). The van der Waals surface area contributed by atoms with Crippen molar-refractivity contribution in [3.63, 3.8) is 0 Å². The Balaban J connectivity index is 2.88. The molecule has 0 spiro atoms. The molecule has 0 bridgehead atoms. The van der Waals surface area contributed by atoms with Crippen molar-refractivity contribution in [3.05, 3.63) is 11.9 Å². The minimum absolute atomic E-state index is 0.248. The summed E-state index contributed by atoms with van der Waals surface area (Å²) in [6.07, 6.45) is 3.24. The van der Waals surface area contributed by atoms with Crippen LogP contribution in [0.5, 0.6) is 0 Å². The summed E-state index contributed by atoms with van der Waals surface area (Å²) in [5.41, 5.74) is 6.72. The molecular formula is C12H21N5O. The van der Waals surface area contributed by atoms with Crippen LogP contribution in [0.4, 0.5) is 11.6 Å². The normalized spacial score (nSPS) is 12.2. The molecule has 1 heterocycles. The third-order valence-electron chi connectivity index (χ3n) is 2.76. The van der Waals surface area contributed by atoms with Gasteiger partial charge in [-0.15, -0.1) is 0 Å².